The third-order valence-corrected chi connectivity index (χ3v) is 2.47. The lowest BCUT2D eigenvalue weighted by Gasteiger charge is -2.09. The van der Waals surface area contributed by atoms with Gasteiger partial charge in [-0.2, -0.15) is 18.3 Å². The van der Waals surface area contributed by atoms with Gasteiger partial charge >= 0.3 is 12.3 Å². The van der Waals surface area contributed by atoms with Crippen LogP contribution in [0.25, 0.3) is 11.3 Å². The Bertz CT molecular complexity index is 690. The van der Waals surface area contributed by atoms with E-state index in [0.29, 0.717) is 11.3 Å². The van der Waals surface area contributed by atoms with E-state index in [-0.39, 0.29) is 11.2 Å². The second-order valence-electron chi connectivity index (χ2n) is 4.20. The van der Waals surface area contributed by atoms with Gasteiger partial charge in [-0.15, -0.1) is 0 Å². The molecule has 1 heterocycles. The summed E-state index contributed by atoms with van der Waals surface area (Å²) >= 11 is 0. The van der Waals surface area contributed by atoms with E-state index < -0.39 is 18.9 Å². The molecule has 2 aromatic rings. The Morgan fingerprint density at radius 3 is 2.41 bits per heavy atom. The van der Waals surface area contributed by atoms with Crippen LogP contribution < -0.4 is 10.9 Å². The number of hydrogen-bond acceptors (Lipinski definition) is 4. The molecule has 0 aliphatic rings. The maximum atomic E-state index is 11.9. The SMILES string of the molecule is O=C(Nc1ccc(-c2ccc(=O)[nH]n2)cc1)OCC(F)(F)F. The second kappa shape index (κ2) is 6.29. The fourth-order valence-corrected chi connectivity index (χ4v) is 1.53. The van der Waals surface area contributed by atoms with Crippen molar-refractivity contribution in [2.24, 2.45) is 0 Å². The number of amides is 1. The van der Waals surface area contributed by atoms with E-state index in [1.165, 1.54) is 24.3 Å². The molecule has 9 heteroatoms. The van der Waals surface area contributed by atoms with E-state index in [2.05, 4.69) is 20.3 Å². The van der Waals surface area contributed by atoms with Gasteiger partial charge in [0.15, 0.2) is 6.61 Å². The van der Waals surface area contributed by atoms with E-state index in [1.54, 1.807) is 12.1 Å². The van der Waals surface area contributed by atoms with Crippen molar-refractivity contribution in [3.8, 4) is 11.3 Å². The molecule has 1 amide bonds. The van der Waals surface area contributed by atoms with Crippen LogP contribution in [0.2, 0.25) is 0 Å². The Morgan fingerprint density at radius 2 is 1.86 bits per heavy atom. The van der Waals surface area contributed by atoms with Crippen LogP contribution in [0.3, 0.4) is 0 Å². The van der Waals surface area contributed by atoms with Crippen molar-refractivity contribution >= 4 is 11.8 Å². The molecular formula is C13H10F3N3O3. The number of carbonyl (C=O) groups excluding carboxylic acids is 1. The Labute approximate surface area is 121 Å². The summed E-state index contributed by atoms with van der Waals surface area (Å²) in [5.41, 5.74) is 1.09. The first-order chi connectivity index (χ1) is 10.3. The van der Waals surface area contributed by atoms with Gasteiger partial charge < -0.3 is 4.74 Å². The van der Waals surface area contributed by atoms with Crippen LogP contribution in [0.4, 0.5) is 23.7 Å². The third-order valence-electron chi connectivity index (χ3n) is 2.47. The fourth-order valence-electron chi connectivity index (χ4n) is 1.53. The highest BCUT2D eigenvalue weighted by Crippen LogP contribution is 2.19. The zero-order chi connectivity index (χ0) is 16.2. The zero-order valence-electron chi connectivity index (χ0n) is 11.0. The van der Waals surface area contributed by atoms with Gasteiger partial charge in [-0.25, -0.2) is 9.89 Å². The van der Waals surface area contributed by atoms with E-state index >= 15 is 0 Å². The third kappa shape index (κ3) is 4.62. The van der Waals surface area contributed by atoms with Gasteiger partial charge in [0.2, 0.25) is 0 Å². The monoisotopic (exact) mass is 313 g/mol. The van der Waals surface area contributed by atoms with Crippen molar-refractivity contribution in [1.29, 1.82) is 0 Å². The van der Waals surface area contributed by atoms with Crippen molar-refractivity contribution in [2.75, 3.05) is 11.9 Å². The molecule has 0 radical (unpaired) electrons. The smallest absolute Gasteiger partial charge is 0.422 e. The number of alkyl halides is 3. The minimum atomic E-state index is -4.57. The lowest BCUT2D eigenvalue weighted by molar-refractivity contribution is -0.159. The summed E-state index contributed by atoms with van der Waals surface area (Å²) in [5, 5.41) is 8.26. The van der Waals surface area contributed by atoms with Gasteiger partial charge in [-0.1, -0.05) is 12.1 Å². The average Bonchev–Trinajstić information content (AvgIpc) is 2.46. The quantitative estimate of drug-likeness (QED) is 0.912. The van der Waals surface area contributed by atoms with E-state index in [4.69, 9.17) is 0 Å². The van der Waals surface area contributed by atoms with Gasteiger partial charge in [-0.3, -0.25) is 10.1 Å². The van der Waals surface area contributed by atoms with Crippen molar-refractivity contribution in [3.05, 3.63) is 46.8 Å². The first-order valence-corrected chi connectivity index (χ1v) is 6.00. The summed E-state index contributed by atoms with van der Waals surface area (Å²) < 4.78 is 39.7. The van der Waals surface area contributed by atoms with Gasteiger partial charge in [0.1, 0.15) is 0 Å². The van der Waals surface area contributed by atoms with Gasteiger partial charge in [0.05, 0.1) is 5.69 Å². The molecule has 22 heavy (non-hydrogen) atoms. The summed E-state index contributed by atoms with van der Waals surface area (Å²) in [6.07, 6.45) is -5.77. The lowest BCUT2D eigenvalue weighted by Crippen LogP contribution is -2.23. The average molecular weight is 313 g/mol. The normalized spacial score (nSPS) is 11.0. The Balaban J connectivity index is 1.98. The molecule has 0 saturated heterocycles. The molecule has 0 saturated carbocycles. The highest BCUT2D eigenvalue weighted by molar-refractivity contribution is 5.85. The first kappa shape index (κ1) is 15.5. The van der Waals surface area contributed by atoms with Crippen LogP contribution in [0.5, 0.6) is 0 Å². The topological polar surface area (TPSA) is 84.1 Å². The molecule has 0 atom stereocenters. The van der Waals surface area contributed by atoms with E-state index in [0.717, 1.165) is 0 Å². The van der Waals surface area contributed by atoms with Crippen LogP contribution in [0.1, 0.15) is 0 Å². The van der Waals surface area contributed by atoms with Crippen molar-refractivity contribution in [2.45, 2.75) is 6.18 Å². The minimum absolute atomic E-state index is 0.264. The summed E-state index contributed by atoms with van der Waals surface area (Å²) in [6.45, 7) is -1.65. The van der Waals surface area contributed by atoms with Gasteiger partial charge in [0, 0.05) is 17.3 Å². The number of H-pyrrole nitrogens is 1. The molecule has 1 aromatic carbocycles. The molecule has 0 aliphatic heterocycles. The summed E-state index contributed by atoms with van der Waals surface area (Å²) in [6, 6.07) is 8.93. The summed E-state index contributed by atoms with van der Waals surface area (Å²) in [4.78, 5) is 22.1. The molecule has 6 nitrogen and oxygen atoms in total. The number of rotatable bonds is 3. The Hall–Kier alpha value is -2.84. The van der Waals surface area contributed by atoms with Crippen LogP contribution in [0, 0.1) is 0 Å². The molecule has 2 rings (SSSR count). The maximum absolute atomic E-state index is 11.9. The highest BCUT2D eigenvalue weighted by Gasteiger charge is 2.29. The number of nitrogens with zero attached hydrogens (tertiary/aromatic N) is 1. The van der Waals surface area contributed by atoms with E-state index in [9.17, 15) is 22.8 Å². The number of anilines is 1. The molecule has 116 valence electrons. The molecular weight excluding hydrogens is 303 g/mol. The van der Waals surface area contributed by atoms with Crippen molar-refractivity contribution in [3.63, 3.8) is 0 Å². The number of aromatic amines is 1. The number of halogens is 3. The molecule has 0 unspecified atom stereocenters. The largest absolute Gasteiger partial charge is 0.440 e. The van der Waals surface area contributed by atoms with Gasteiger partial charge in [0.25, 0.3) is 5.56 Å². The second-order valence-corrected chi connectivity index (χ2v) is 4.20. The Kier molecular flexibility index (Phi) is 4.44. The first-order valence-electron chi connectivity index (χ1n) is 6.00. The fraction of sp³-hybridized carbons (Fsp3) is 0.154. The predicted octanol–water partition coefficient (Wildman–Crippen LogP) is 2.55. The van der Waals surface area contributed by atoms with Crippen molar-refractivity contribution in [1.82, 2.24) is 10.2 Å². The van der Waals surface area contributed by atoms with Crippen LogP contribution >= 0.6 is 0 Å². The maximum Gasteiger partial charge on any atom is 0.422 e. The number of nitrogens with one attached hydrogen (secondary N) is 2. The van der Waals surface area contributed by atoms with Crippen LogP contribution in [-0.4, -0.2) is 29.1 Å². The molecule has 0 spiro atoms. The Morgan fingerprint density at radius 1 is 1.18 bits per heavy atom. The molecule has 0 bridgehead atoms. The number of ether oxygens (including phenoxy) is 1. The zero-order valence-corrected chi connectivity index (χ0v) is 11.0. The highest BCUT2D eigenvalue weighted by atomic mass is 19.4. The molecule has 2 N–H and O–H groups in total. The van der Waals surface area contributed by atoms with E-state index in [1.807, 2.05) is 0 Å². The summed E-state index contributed by atoms with van der Waals surface area (Å²) in [5.74, 6) is 0. The molecule has 1 aromatic heterocycles. The summed E-state index contributed by atoms with van der Waals surface area (Å²) in [7, 11) is 0. The van der Waals surface area contributed by atoms with Crippen LogP contribution in [0.15, 0.2) is 41.2 Å². The molecule has 0 aliphatic carbocycles. The number of aromatic nitrogens is 2. The predicted molar refractivity (Wildman–Crippen MR) is 71.3 cm³/mol. The van der Waals surface area contributed by atoms with Crippen molar-refractivity contribution < 1.29 is 22.7 Å². The molecule has 0 fully saturated rings. The minimum Gasteiger partial charge on any atom is -0.440 e. The number of hydrogen-bond donors (Lipinski definition) is 2. The standard InChI is InChI=1S/C13H10F3N3O3/c14-13(15,16)7-22-12(21)17-9-3-1-8(2-4-9)10-5-6-11(20)19-18-10/h1-6H,7H2,(H,17,21)(H,19,20). The number of carbonyl (C=O) groups is 1. The van der Waals surface area contributed by atoms with Crippen LogP contribution in [-0.2, 0) is 4.74 Å². The van der Waals surface area contributed by atoms with Gasteiger partial charge in [-0.05, 0) is 18.2 Å². The number of benzene rings is 1. The lowest BCUT2D eigenvalue weighted by atomic mass is 10.1.